The van der Waals surface area contributed by atoms with E-state index in [-0.39, 0.29) is 18.1 Å². The Morgan fingerprint density at radius 2 is 1.88 bits per heavy atom. The van der Waals surface area contributed by atoms with Crippen LogP contribution in [-0.4, -0.2) is 38.8 Å². The highest BCUT2D eigenvalue weighted by molar-refractivity contribution is 5.95. The van der Waals surface area contributed by atoms with Gasteiger partial charge in [-0.15, -0.1) is 0 Å². The van der Waals surface area contributed by atoms with E-state index in [1.165, 1.54) is 12.8 Å². The molecule has 0 bridgehead atoms. The van der Waals surface area contributed by atoms with Gasteiger partial charge in [0.05, 0.1) is 17.9 Å². The standard InChI is InChI=1S/C19H29N3O2/c1-4-21-18-13(3)24-12(2)11-16(18)17(20-21)19(23)22(15-9-10-15)14-7-5-6-8-14/h12-15H,4-11H2,1-3H3/t12-,13+/m1/s1. The molecule has 2 saturated carbocycles. The minimum absolute atomic E-state index is 0.0126. The lowest BCUT2D eigenvalue weighted by molar-refractivity contribution is -0.00953. The van der Waals surface area contributed by atoms with Crippen LogP contribution in [0.5, 0.6) is 0 Å². The summed E-state index contributed by atoms with van der Waals surface area (Å²) in [7, 11) is 0. The number of rotatable bonds is 4. The summed E-state index contributed by atoms with van der Waals surface area (Å²) in [5, 5.41) is 4.74. The molecule has 0 saturated heterocycles. The molecule has 132 valence electrons. The second-order valence-electron chi connectivity index (χ2n) is 7.70. The normalized spacial score (nSPS) is 27.3. The van der Waals surface area contributed by atoms with Crippen LogP contribution in [0, 0.1) is 0 Å². The van der Waals surface area contributed by atoms with E-state index in [0.717, 1.165) is 49.9 Å². The van der Waals surface area contributed by atoms with Crippen LogP contribution in [0.4, 0.5) is 0 Å². The van der Waals surface area contributed by atoms with Crippen LogP contribution < -0.4 is 0 Å². The van der Waals surface area contributed by atoms with Gasteiger partial charge in [-0.25, -0.2) is 0 Å². The van der Waals surface area contributed by atoms with Crippen molar-refractivity contribution in [2.45, 2.75) is 96.6 Å². The van der Waals surface area contributed by atoms with Gasteiger partial charge in [0.15, 0.2) is 5.69 Å². The second kappa shape index (κ2) is 6.17. The third kappa shape index (κ3) is 2.67. The van der Waals surface area contributed by atoms with E-state index in [1.54, 1.807) is 0 Å². The van der Waals surface area contributed by atoms with Crippen molar-refractivity contribution < 1.29 is 9.53 Å². The fraction of sp³-hybridized carbons (Fsp3) is 0.789. The Bertz CT molecular complexity index is 629. The predicted octanol–water partition coefficient (Wildman–Crippen LogP) is 3.47. The van der Waals surface area contributed by atoms with E-state index in [2.05, 4.69) is 25.7 Å². The van der Waals surface area contributed by atoms with Crippen LogP contribution in [0.25, 0.3) is 0 Å². The first-order chi connectivity index (χ1) is 11.6. The quantitative estimate of drug-likeness (QED) is 0.849. The number of hydrogen-bond donors (Lipinski definition) is 0. The number of nitrogens with zero attached hydrogens (tertiary/aromatic N) is 3. The Balaban J connectivity index is 1.71. The number of hydrogen-bond acceptors (Lipinski definition) is 3. The predicted molar refractivity (Wildman–Crippen MR) is 92.0 cm³/mol. The lowest BCUT2D eigenvalue weighted by Crippen LogP contribution is -2.41. The Hall–Kier alpha value is -1.36. The summed E-state index contributed by atoms with van der Waals surface area (Å²) in [6.07, 6.45) is 8.11. The number of carbonyl (C=O) groups excluding carboxylic acids is 1. The third-order valence-electron chi connectivity index (χ3n) is 5.80. The van der Waals surface area contributed by atoms with Gasteiger partial charge in [-0.3, -0.25) is 9.48 Å². The Morgan fingerprint density at radius 1 is 1.21 bits per heavy atom. The van der Waals surface area contributed by atoms with E-state index < -0.39 is 0 Å². The maximum absolute atomic E-state index is 13.4. The van der Waals surface area contributed by atoms with Gasteiger partial charge in [0.2, 0.25) is 0 Å². The van der Waals surface area contributed by atoms with Gasteiger partial charge in [-0.05, 0) is 46.5 Å². The number of aryl methyl sites for hydroxylation is 1. The molecule has 1 aromatic heterocycles. The molecule has 1 aromatic rings. The van der Waals surface area contributed by atoms with Crippen LogP contribution in [0.3, 0.4) is 0 Å². The number of carbonyl (C=O) groups is 1. The average molecular weight is 331 g/mol. The summed E-state index contributed by atoms with van der Waals surface area (Å²) in [5.41, 5.74) is 2.95. The van der Waals surface area contributed by atoms with E-state index in [1.807, 2.05) is 4.68 Å². The van der Waals surface area contributed by atoms with E-state index in [4.69, 9.17) is 9.84 Å². The zero-order valence-corrected chi connectivity index (χ0v) is 15.1. The summed E-state index contributed by atoms with van der Waals surface area (Å²) < 4.78 is 7.97. The maximum Gasteiger partial charge on any atom is 0.275 e. The largest absolute Gasteiger partial charge is 0.369 e. The van der Waals surface area contributed by atoms with Gasteiger partial charge in [-0.1, -0.05) is 12.8 Å². The molecule has 3 aliphatic rings. The highest BCUT2D eigenvalue weighted by atomic mass is 16.5. The molecule has 0 radical (unpaired) electrons. The van der Waals surface area contributed by atoms with E-state index >= 15 is 0 Å². The first-order valence-corrected chi connectivity index (χ1v) is 9.67. The molecule has 5 nitrogen and oxygen atoms in total. The van der Waals surface area contributed by atoms with Crippen LogP contribution in [-0.2, 0) is 17.7 Å². The number of fused-ring (bicyclic) bond motifs is 1. The summed E-state index contributed by atoms with van der Waals surface area (Å²) in [4.78, 5) is 15.6. The first kappa shape index (κ1) is 16.1. The van der Waals surface area contributed by atoms with Crippen LogP contribution in [0.15, 0.2) is 0 Å². The lowest BCUT2D eigenvalue weighted by Gasteiger charge is -2.30. The van der Waals surface area contributed by atoms with E-state index in [0.29, 0.717) is 17.8 Å². The summed E-state index contributed by atoms with van der Waals surface area (Å²) in [6.45, 7) is 7.03. The molecule has 0 N–H and O–H groups in total. The number of ether oxygens (including phenoxy) is 1. The fourth-order valence-corrected chi connectivity index (χ4v) is 4.62. The molecular formula is C19H29N3O2. The fourth-order valence-electron chi connectivity index (χ4n) is 4.62. The molecule has 0 unspecified atom stereocenters. The molecular weight excluding hydrogens is 302 g/mol. The molecule has 1 aliphatic heterocycles. The summed E-state index contributed by atoms with van der Waals surface area (Å²) in [6, 6.07) is 0.889. The van der Waals surface area contributed by atoms with Crippen molar-refractivity contribution in [2.75, 3.05) is 0 Å². The number of aromatic nitrogens is 2. The maximum atomic E-state index is 13.4. The minimum Gasteiger partial charge on any atom is -0.369 e. The van der Waals surface area contributed by atoms with Gasteiger partial charge in [-0.2, -0.15) is 5.10 Å². The minimum atomic E-state index is 0.0126. The molecule has 2 aliphatic carbocycles. The van der Waals surface area contributed by atoms with Crippen molar-refractivity contribution >= 4 is 5.91 Å². The van der Waals surface area contributed by atoms with Crippen molar-refractivity contribution in [1.29, 1.82) is 0 Å². The SMILES string of the molecule is CCn1nc(C(=O)N(C2CCCC2)C2CC2)c2c1[C@H](C)O[C@H](C)C2. The van der Waals surface area contributed by atoms with Crippen molar-refractivity contribution in [2.24, 2.45) is 0 Å². The molecule has 5 heteroatoms. The lowest BCUT2D eigenvalue weighted by atomic mass is 9.98. The number of amides is 1. The Labute approximate surface area is 144 Å². The zero-order chi connectivity index (χ0) is 16.8. The third-order valence-corrected chi connectivity index (χ3v) is 5.80. The molecule has 2 atom stereocenters. The smallest absolute Gasteiger partial charge is 0.275 e. The molecule has 24 heavy (non-hydrogen) atoms. The molecule has 0 aromatic carbocycles. The highest BCUT2D eigenvalue weighted by Gasteiger charge is 2.41. The Kier molecular flexibility index (Phi) is 4.15. The van der Waals surface area contributed by atoms with Crippen molar-refractivity contribution in [3.05, 3.63) is 17.0 Å². The van der Waals surface area contributed by atoms with Gasteiger partial charge in [0, 0.05) is 30.6 Å². The molecule has 1 amide bonds. The topological polar surface area (TPSA) is 47.4 Å². The highest BCUT2D eigenvalue weighted by Crippen LogP contribution is 2.38. The van der Waals surface area contributed by atoms with E-state index in [9.17, 15) is 4.79 Å². The average Bonchev–Trinajstić information content (AvgIpc) is 3.09. The molecule has 2 fully saturated rings. The van der Waals surface area contributed by atoms with Crippen molar-refractivity contribution in [3.63, 3.8) is 0 Å². The molecule has 4 rings (SSSR count). The van der Waals surface area contributed by atoms with Crippen molar-refractivity contribution in [3.8, 4) is 0 Å². The zero-order valence-electron chi connectivity index (χ0n) is 15.1. The van der Waals surface area contributed by atoms with Gasteiger partial charge in [0.25, 0.3) is 5.91 Å². The van der Waals surface area contributed by atoms with Gasteiger partial charge in [0.1, 0.15) is 0 Å². The first-order valence-electron chi connectivity index (χ1n) is 9.67. The van der Waals surface area contributed by atoms with Crippen LogP contribution in [0.2, 0.25) is 0 Å². The van der Waals surface area contributed by atoms with Crippen molar-refractivity contribution in [1.82, 2.24) is 14.7 Å². The summed E-state index contributed by atoms with van der Waals surface area (Å²) >= 11 is 0. The van der Waals surface area contributed by atoms with Crippen LogP contribution in [0.1, 0.15) is 87.1 Å². The summed E-state index contributed by atoms with van der Waals surface area (Å²) in [5.74, 6) is 0.175. The second-order valence-corrected chi connectivity index (χ2v) is 7.70. The molecule has 0 spiro atoms. The van der Waals surface area contributed by atoms with Crippen LogP contribution >= 0.6 is 0 Å². The van der Waals surface area contributed by atoms with Gasteiger partial charge >= 0.3 is 0 Å². The Morgan fingerprint density at radius 3 is 2.50 bits per heavy atom. The molecule has 2 heterocycles. The monoisotopic (exact) mass is 331 g/mol. The van der Waals surface area contributed by atoms with Gasteiger partial charge < -0.3 is 9.64 Å².